The molecule has 0 aromatic heterocycles. The van der Waals surface area contributed by atoms with E-state index in [0.29, 0.717) is 0 Å². The van der Waals surface area contributed by atoms with E-state index < -0.39 is 0 Å². The molecule has 0 amide bonds. The Morgan fingerprint density at radius 2 is 2.00 bits per heavy atom. The summed E-state index contributed by atoms with van der Waals surface area (Å²) in [6, 6.07) is 8.50. The van der Waals surface area contributed by atoms with Crippen LogP contribution in [-0.2, 0) is 5.41 Å². The summed E-state index contributed by atoms with van der Waals surface area (Å²) >= 11 is 0. The average molecular weight is 187 g/mol. The molecular formula is C13H17N. The monoisotopic (exact) mass is 187 g/mol. The highest BCUT2D eigenvalue weighted by Crippen LogP contribution is 2.42. The smallest absolute Gasteiger partial charge is 0.0670 e. The molecule has 0 spiro atoms. The van der Waals surface area contributed by atoms with Crippen molar-refractivity contribution < 1.29 is 0 Å². The zero-order valence-electron chi connectivity index (χ0n) is 9.17. The number of fused-ring (bicyclic) bond motifs is 1. The van der Waals surface area contributed by atoms with Crippen LogP contribution in [0, 0.1) is 0 Å². The van der Waals surface area contributed by atoms with Gasteiger partial charge in [-0.1, -0.05) is 38.5 Å². The van der Waals surface area contributed by atoms with E-state index in [9.17, 15) is 0 Å². The van der Waals surface area contributed by atoms with Gasteiger partial charge in [0, 0.05) is 11.1 Å². The largest absolute Gasteiger partial charge is 0.257 e. The van der Waals surface area contributed by atoms with E-state index in [1.165, 1.54) is 29.8 Å². The van der Waals surface area contributed by atoms with Crippen LogP contribution >= 0.6 is 0 Å². The SMILES string of the molecule is CCCC1(C)C(C)=Nc2ccccc21. The van der Waals surface area contributed by atoms with Crippen LogP contribution in [0.3, 0.4) is 0 Å². The average Bonchev–Trinajstić information content (AvgIpc) is 2.41. The summed E-state index contributed by atoms with van der Waals surface area (Å²) in [6.07, 6.45) is 2.40. The Bertz CT molecular complexity index is 379. The fourth-order valence-corrected chi connectivity index (χ4v) is 2.35. The topological polar surface area (TPSA) is 12.4 Å². The molecule has 1 aromatic carbocycles. The van der Waals surface area contributed by atoms with E-state index >= 15 is 0 Å². The number of hydrogen-bond acceptors (Lipinski definition) is 1. The van der Waals surface area contributed by atoms with Crippen LogP contribution in [0.2, 0.25) is 0 Å². The predicted octanol–water partition coefficient (Wildman–Crippen LogP) is 3.85. The van der Waals surface area contributed by atoms with Gasteiger partial charge in [-0.15, -0.1) is 0 Å². The summed E-state index contributed by atoms with van der Waals surface area (Å²) in [5.41, 5.74) is 4.02. The Labute approximate surface area is 85.9 Å². The molecule has 1 aliphatic rings. The molecule has 1 aromatic rings. The molecule has 0 N–H and O–H groups in total. The predicted molar refractivity (Wildman–Crippen MR) is 61.5 cm³/mol. The third kappa shape index (κ3) is 1.19. The van der Waals surface area contributed by atoms with Gasteiger partial charge in [-0.05, 0) is 25.0 Å². The van der Waals surface area contributed by atoms with Gasteiger partial charge in [-0.3, -0.25) is 4.99 Å². The molecule has 0 saturated carbocycles. The lowest BCUT2D eigenvalue weighted by Gasteiger charge is -2.25. The minimum absolute atomic E-state index is 0.186. The second kappa shape index (κ2) is 3.23. The van der Waals surface area contributed by atoms with Gasteiger partial charge in [-0.25, -0.2) is 0 Å². The Kier molecular flexibility index (Phi) is 2.18. The molecule has 1 aliphatic heterocycles. The molecule has 1 nitrogen and oxygen atoms in total. The Morgan fingerprint density at radius 1 is 1.29 bits per heavy atom. The zero-order chi connectivity index (χ0) is 10.2. The molecule has 0 saturated heterocycles. The molecule has 0 fully saturated rings. The Morgan fingerprint density at radius 3 is 2.71 bits per heavy atom. The third-order valence-electron chi connectivity index (χ3n) is 3.34. The molecular weight excluding hydrogens is 170 g/mol. The summed E-state index contributed by atoms with van der Waals surface area (Å²) in [5, 5.41) is 0. The highest BCUT2D eigenvalue weighted by Gasteiger charge is 2.35. The van der Waals surface area contributed by atoms with Gasteiger partial charge in [0.1, 0.15) is 0 Å². The van der Waals surface area contributed by atoms with Crippen molar-refractivity contribution in [3.05, 3.63) is 29.8 Å². The van der Waals surface area contributed by atoms with Crippen LogP contribution in [0.1, 0.15) is 39.2 Å². The molecule has 1 unspecified atom stereocenters. The zero-order valence-corrected chi connectivity index (χ0v) is 9.17. The molecule has 1 heterocycles. The highest BCUT2D eigenvalue weighted by atomic mass is 14.8. The lowest BCUT2D eigenvalue weighted by atomic mass is 9.76. The maximum atomic E-state index is 4.64. The van der Waals surface area contributed by atoms with Crippen molar-refractivity contribution >= 4 is 11.4 Å². The number of benzene rings is 1. The quantitative estimate of drug-likeness (QED) is 0.667. The van der Waals surface area contributed by atoms with Gasteiger partial charge in [0.05, 0.1) is 5.69 Å². The molecule has 0 radical (unpaired) electrons. The van der Waals surface area contributed by atoms with Crippen molar-refractivity contribution in [2.75, 3.05) is 0 Å². The number of aliphatic imine (C=N–C) groups is 1. The number of rotatable bonds is 2. The molecule has 0 aliphatic carbocycles. The molecule has 1 heteroatoms. The minimum Gasteiger partial charge on any atom is -0.257 e. The van der Waals surface area contributed by atoms with Gasteiger partial charge in [0.25, 0.3) is 0 Å². The van der Waals surface area contributed by atoms with Gasteiger partial charge >= 0.3 is 0 Å². The number of nitrogens with zero attached hydrogens (tertiary/aromatic N) is 1. The first kappa shape index (κ1) is 9.45. The van der Waals surface area contributed by atoms with Crippen molar-refractivity contribution in [1.82, 2.24) is 0 Å². The Balaban J connectivity index is 2.50. The summed E-state index contributed by atoms with van der Waals surface area (Å²) in [7, 11) is 0. The Hall–Kier alpha value is -1.11. The summed E-state index contributed by atoms with van der Waals surface area (Å²) in [4.78, 5) is 4.64. The van der Waals surface area contributed by atoms with Crippen LogP contribution in [-0.4, -0.2) is 5.71 Å². The van der Waals surface area contributed by atoms with Gasteiger partial charge in [0.2, 0.25) is 0 Å². The van der Waals surface area contributed by atoms with Crippen molar-refractivity contribution in [2.24, 2.45) is 4.99 Å². The van der Waals surface area contributed by atoms with Crippen molar-refractivity contribution in [3.8, 4) is 0 Å². The summed E-state index contributed by atoms with van der Waals surface area (Å²) in [5.74, 6) is 0. The molecule has 0 bridgehead atoms. The fraction of sp³-hybridized carbons (Fsp3) is 0.462. The van der Waals surface area contributed by atoms with E-state index in [4.69, 9.17) is 0 Å². The maximum Gasteiger partial charge on any atom is 0.0670 e. The fourth-order valence-electron chi connectivity index (χ4n) is 2.35. The number of hydrogen-bond donors (Lipinski definition) is 0. The van der Waals surface area contributed by atoms with Gasteiger partial charge in [-0.2, -0.15) is 0 Å². The van der Waals surface area contributed by atoms with Crippen LogP contribution in [0.25, 0.3) is 0 Å². The van der Waals surface area contributed by atoms with E-state index in [1.54, 1.807) is 0 Å². The second-order valence-corrected chi connectivity index (χ2v) is 4.30. The van der Waals surface area contributed by atoms with E-state index in [-0.39, 0.29) is 5.41 Å². The van der Waals surface area contributed by atoms with E-state index in [0.717, 1.165) is 0 Å². The van der Waals surface area contributed by atoms with Gasteiger partial charge < -0.3 is 0 Å². The molecule has 1 atom stereocenters. The van der Waals surface area contributed by atoms with Crippen LogP contribution < -0.4 is 0 Å². The first-order valence-electron chi connectivity index (χ1n) is 5.34. The molecule has 74 valence electrons. The number of para-hydroxylation sites is 1. The minimum atomic E-state index is 0.186. The normalized spacial score (nSPS) is 24.6. The highest BCUT2D eigenvalue weighted by molar-refractivity contribution is 5.99. The van der Waals surface area contributed by atoms with Crippen molar-refractivity contribution in [2.45, 2.75) is 39.0 Å². The van der Waals surface area contributed by atoms with Crippen LogP contribution in [0.5, 0.6) is 0 Å². The standard InChI is InChI=1S/C13H17N/c1-4-9-13(3)10(2)14-12-8-6-5-7-11(12)13/h5-8H,4,9H2,1-3H3. The van der Waals surface area contributed by atoms with Crippen LogP contribution in [0.15, 0.2) is 29.3 Å². The first-order chi connectivity index (χ1) is 6.68. The van der Waals surface area contributed by atoms with Gasteiger partial charge in [0.15, 0.2) is 0 Å². The first-order valence-corrected chi connectivity index (χ1v) is 5.34. The van der Waals surface area contributed by atoms with Crippen molar-refractivity contribution in [3.63, 3.8) is 0 Å². The van der Waals surface area contributed by atoms with E-state index in [2.05, 4.69) is 50.0 Å². The maximum absolute atomic E-state index is 4.64. The molecule has 2 rings (SSSR count). The summed E-state index contributed by atoms with van der Waals surface area (Å²) < 4.78 is 0. The lowest BCUT2D eigenvalue weighted by molar-refractivity contribution is 0.574. The molecule has 14 heavy (non-hydrogen) atoms. The third-order valence-corrected chi connectivity index (χ3v) is 3.34. The second-order valence-electron chi connectivity index (χ2n) is 4.30. The van der Waals surface area contributed by atoms with Crippen molar-refractivity contribution in [1.29, 1.82) is 0 Å². The van der Waals surface area contributed by atoms with Crippen LogP contribution in [0.4, 0.5) is 5.69 Å². The lowest BCUT2D eigenvalue weighted by Crippen LogP contribution is -2.27. The van der Waals surface area contributed by atoms with E-state index in [1.807, 2.05) is 0 Å². The summed E-state index contributed by atoms with van der Waals surface area (Å²) in [6.45, 7) is 6.69.